The van der Waals surface area contributed by atoms with Crippen molar-refractivity contribution in [2.45, 2.75) is 6.54 Å². The Morgan fingerprint density at radius 3 is 2.71 bits per heavy atom. The number of hydrogen-bond donors (Lipinski definition) is 1. The van der Waals surface area contributed by atoms with Crippen molar-refractivity contribution < 1.29 is 9.15 Å². The van der Waals surface area contributed by atoms with Gasteiger partial charge in [0.1, 0.15) is 11.5 Å². The largest absolute Gasteiger partial charge is 0.497 e. The maximum Gasteiger partial charge on any atom is 0.193 e. The van der Waals surface area contributed by atoms with Crippen molar-refractivity contribution in [3.8, 4) is 5.75 Å². The van der Waals surface area contributed by atoms with Crippen LogP contribution in [-0.4, -0.2) is 7.11 Å². The van der Waals surface area contributed by atoms with Crippen LogP contribution in [0.4, 0.5) is 5.69 Å². The van der Waals surface area contributed by atoms with Crippen LogP contribution in [-0.2, 0) is 6.54 Å². The summed E-state index contributed by atoms with van der Waals surface area (Å²) in [6, 6.07) is 8.91. The molecule has 0 amide bonds. The minimum atomic E-state index is 0.374. The molecular weight excluding hydrogens is 261 g/mol. The lowest BCUT2D eigenvalue weighted by molar-refractivity contribution is 0.415. The second-order valence-corrected chi connectivity index (χ2v) is 4.18. The van der Waals surface area contributed by atoms with Crippen LogP contribution in [0.15, 0.2) is 34.7 Å². The highest BCUT2D eigenvalue weighted by Crippen LogP contribution is 2.27. The van der Waals surface area contributed by atoms with Crippen molar-refractivity contribution in [1.29, 1.82) is 0 Å². The minimum Gasteiger partial charge on any atom is -0.497 e. The highest BCUT2D eigenvalue weighted by atomic mass is 35.5. The van der Waals surface area contributed by atoms with Crippen molar-refractivity contribution in [3.63, 3.8) is 0 Å². The van der Waals surface area contributed by atoms with E-state index in [1.807, 2.05) is 12.1 Å². The monoisotopic (exact) mass is 271 g/mol. The molecule has 3 nitrogen and oxygen atoms in total. The Bertz CT molecular complexity index is 511. The molecule has 2 aromatic rings. The van der Waals surface area contributed by atoms with Crippen LogP contribution < -0.4 is 10.1 Å². The molecular formula is C12H11Cl2NO2. The van der Waals surface area contributed by atoms with Crippen molar-refractivity contribution in [2.24, 2.45) is 0 Å². The average Bonchev–Trinajstić information content (AvgIpc) is 2.74. The minimum absolute atomic E-state index is 0.374. The number of methoxy groups -OCH3 is 1. The summed E-state index contributed by atoms with van der Waals surface area (Å²) in [5, 5.41) is 4.15. The van der Waals surface area contributed by atoms with Gasteiger partial charge in [-0.3, -0.25) is 0 Å². The van der Waals surface area contributed by atoms with E-state index in [0.717, 1.165) is 17.2 Å². The van der Waals surface area contributed by atoms with Crippen molar-refractivity contribution in [2.75, 3.05) is 12.4 Å². The number of ether oxygens (including phenoxy) is 1. The molecule has 0 aliphatic heterocycles. The molecule has 0 radical (unpaired) electrons. The lowest BCUT2D eigenvalue weighted by Gasteiger charge is -2.08. The van der Waals surface area contributed by atoms with Crippen LogP contribution >= 0.6 is 23.2 Å². The van der Waals surface area contributed by atoms with Crippen LogP contribution in [0.5, 0.6) is 5.75 Å². The summed E-state index contributed by atoms with van der Waals surface area (Å²) in [6.07, 6.45) is 0. The third-order valence-corrected chi connectivity index (χ3v) is 2.79. The zero-order chi connectivity index (χ0) is 12.3. The third kappa shape index (κ3) is 3.08. The van der Waals surface area contributed by atoms with E-state index in [2.05, 4.69) is 5.32 Å². The van der Waals surface area contributed by atoms with Gasteiger partial charge in [0.25, 0.3) is 0 Å². The first-order valence-electron chi connectivity index (χ1n) is 5.00. The Balaban J connectivity index is 2.07. The Kier molecular flexibility index (Phi) is 3.82. The lowest BCUT2D eigenvalue weighted by Crippen LogP contribution is -1.99. The van der Waals surface area contributed by atoms with Gasteiger partial charge in [0.15, 0.2) is 5.22 Å². The van der Waals surface area contributed by atoms with Crippen LogP contribution in [0, 0.1) is 0 Å². The van der Waals surface area contributed by atoms with Crippen LogP contribution in [0.1, 0.15) is 5.76 Å². The highest BCUT2D eigenvalue weighted by molar-refractivity contribution is 6.33. The number of nitrogens with one attached hydrogen (secondary N) is 1. The summed E-state index contributed by atoms with van der Waals surface area (Å²) in [7, 11) is 1.61. The SMILES string of the molecule is COc1ccc(Cl)c(NCc2ccc(Cl)o2)c1. The van der Waals surface area contributed by atoms with Gasteiger partial charge in [-0.2, -0.15) is 0 Å². The van der Waals surface area contributed by atoms with Gasteiger partial charge in [-0.1, -0.05) is 11.6 Å². The van der Waals surface area contributed by atoms with E-state index >= 15 is 0 Å². The van der Waals surface area contributed by atoms with Gasteiger partial charge < -0.3 is 14.5 Å². The number of furan rings is 1. The molecule has 2 rings (SSSR count). The third-order valence-electron chi connectivity index (χ3n) is 2.26. The Morgan fingerprint density at radius 1 is 1.24 bits per heavy atom. The van der Waals surface area contributed by atoms with Gasteiger partial charge in [-0.15, -0.1) is 0 Å². The molecule has 0 bridgehead atoms. The van der Waals surface area contributed by atoms with E-state index in [1.54, 1.807) is 25.3 Å². The molecule has 5 heteroatoms. The van der Waals surface area contributed by atoms with Crippen LogP contribution in [0.2, 0.25) is 10.2 Å². The summed E-state index contributed by atoms with van der Waals surface area (Å²) >= 11 is 11.7. The topological polar surface area (TPSA) is 34.4 Å². The molecule has 90 valence electrons. The molecule has 1 aromatic heterocycles. The van der Waals surface area contributed by atoms with Gasteiger partial charge in [0.05, 0.1) is 24.4 Å². The molecule has 0 aliphatic carbocycles. The Morgan fingerprint density at radius 2 is 2.06 bits per heavy atom. The van der Waals surface area contributed by atoms with E-state index in [-0.39, 0.29) is 0 Å². The standard InChI is InChI=1S/C12H11Cl2NO2/c1-16-8-2-4-10(13)11(6-8)15-7-9-3-5-12(14)17-9/h2-6,15H,7H2,1H3. The van der Waals surface area contributed by atoms with Crippen LogP contribution in [0.3, 0.4) is 0 Å². The lowest BCUT2D eigenvalue weighted by atomic mass is 10.3. The van der Waals surface area contributed by atoms with Crippen molar-refractivity contribution >= 4 is 28.9 Å². The molecule has 1 N–H and O–H groups in total. The van der Waals surface area contributed by atoms with Crippen molar-refractivity contribution in [1.82, 2.24) is 0 Å². The summed E-state index contributed by atoms with van der Waals surface area (Å²) in [5.74, 6) is 1.49. The predicted octanol–water partition coefficient (Wildman–Crippen LogP) is 4.21. The van der Waals surface area contributed by atoms with Gasteiger partial charge in [0, 0.05) is 6.07 Å². The number of benzene rings is 1. The zero-order valence-corrected chi connectivity index (χ0v) is 10.7. The molecule has 0 saturated heterocycles. The molecule has 0 fully saturated rings. The fourth-order valence-electron chi connectivity index (χ4n) is 1.40. The number of hydrogen-bond acceptors (Lipinski definition) is 3. The highest BCUT2D eigenvalue weighted by Gasteiger charge is 2.04. The predicted molar refractivity (Wildman–Crippen MR) is 69.0 cm³/mol. The number of anilines is 1. The quantitative estimate of drug-likeness (QED) is 0.905. The summed E-state index contributed by atoms with van der Waals surface area (Å²) in [5.41, 5.74) is 0.790. The van der Waals surface area contributed by atoms with Gasteiger partial charge in [-0.25, -0.2) is 0 Å². The zero-order valence-electron chi connectivity index (χ0n) is 9.17. The van der Waals surface area contributed by atoms with E-state index in [9.17, 15) is 0 Å². The molecule has 1 heterocycles. The molecule has 0 atom stereocenters. The first-order valence-corrected chi connectivity index (χ1v) is 5.76. The summed E-state index contributed by atoms with van der Waals surface area (Å²) < 4.78 is 10.4. The smallest absolute Gasteiger partial charge is 0.193 e. The van der Waals surface area contributed by atoms with Gasteiger partial charge >= 0.3 is 0 Å². The first-order chi connectivity index (χ1) is 8.19. The van der Waals surface area contributed by atoms with Crippen molar-refractivity contribution in [3.05, 3.63) is 46.3 Å². The molecule has 0 saturated carbocycles. The average molecular weight is 272 g/mol. The van der Waals surface area contributed by atoms with Gasteiger partial charge in [-0.05, 0) is 35.9 Å². The van der Waals surface area contributed by atoms with E-state index < -0.39 is 0 Å². The van der Waals surface area contributed by atoms with E-state index in [1.165, 1.54) is 0 Å². The fraction of sp³-hybridized carbons (Fsp3) is 0.167. The Labute approximate surface area is 109 Å². The maximum atomic E-state index is 6.05. The molecule has 0 aliphatic rings. The van der Waals surface area contributed by atoms with Crippen LogP contribution in [0.25, 0.3) is 0 Å². The second-order valence-electron chi connectivity index (χ2n) is 3.41. The van der Waals surface area contributed by atoms with E-state index in [4.69, 9.17) is 32.4 Å². The maximum absolute atomic E-state index is 6.05. The second kappa shape index (κ2) is 5.34. The molecule has 1 aromatic carbocycles. The first kappa shape index (κ1) is 12.1. The fourth-order valence-corrected chi connectivity index (χ4v) is 1.74. The number of halogens is 2. The van der Waals surface area contributed by atoms with E-state index in [0.29, 0.717) is 16.8 Å². The molecule has 0 unspecified atom stereocenters. The van der Waals surface area contributed by atoms with Gasteiger partial charge in [0.2, 0.25) is 0 Å². The molecule has 0 spiro atoms. The summed E-state index contributed by atoms with van der Waals surface area (Å²) in [4.78, 5) is 0. The molecule has 17 heavy (non-hydrogen) atoms. The normalized spacial score (nSPS) is 10.3. The summed E-state index contributed by atoms with van der Waals surface area (Å²) in [6.45, 7) is 0.513. The Hall–Kier alpha value is -1.32. The number of rotatable bonds is 4.